The zero-order valence-electron chi connectivity index (χ0n) is 15.7. The summed E-state index contributed by atoms with van der Waals surface area (Å²) in [6, 6.07) is 6.07. The van der Waals surface area contributed by atoms with Gasteiger partial charge in [0.1, 0.15) is 5.82 Å². The van der Waals surface area contributed by atoms with Crippen molar-refractivity contribution in [2.24, 2.45) is 7.05 Å². The summed E-state index contributed by atoms with van der Waals surface area (Å²) in [5.41, 5.74) is 3.15. The predicted molar refractivity (Wildman–Crippen MR) is 103 cm³/mol. The van der Waals surface area contributed by atoms with Crippen LogP contribution in [0.4, 0.5) is 5.82 Å². The number of nitrogens with one attached hydrogen (secondary N) is 1. The fourth-order valence-corrected chi connectivity index (χ4v) is 2.81. The van der Waals surface area contributed by atoms with E-state index in [4.69, 9.17) is 4.98 Å². The standard InChI is InChI=1S/C19H25N7/c1-5-16-10-18(24-19(23-16)14-6-8-20-9-7-14)21-12-17(25(2)3)15-11-22-26(4)13-15/h6-11,13,17H,5,12H2,1-4H3,(H,21,23,24). The van der Waals surface area contributed by atoms with Crippen LogP contribution in [0.15, 0.2) is 43.0 Å². The molecule has 3 aromatic rings. The Balaban J connectivity index is 1.82. The van der Waals surface area contributed by atoms with Crippen molar-refractivity contribution in [1.29, 1.82) is 0 Å². The second-order valence-corrected chi connectivity index (χ2v) is 6.47. The number of hydrogen-bond acceptors (Lipinski definition) is 6. The van der Waals surface area contributed by atoms with Crippen LogP contribution in [0.3, 0.4) is 0 Å². The summed E-state index contributed by atoms with van der Waals surface area (Å²) in [6.45, 7) is 2.83. The van der Waals surface area contributed by atoms with Crippen LogP contribution >= 0.6 is 0 Å². The van der Waals surface area contributed by atoms with Crippen molar-refractivity contribution in [2.75, 3.05) is 26.0 Å². The van der Waals surface area contributed by atoms with E-state index in [2.05, 4.69) is 46.3 Å². The van der Waals surface area contributed by atoms with Crippen molar-refractivity contribution in [3.05, 3.63) is 54.2 Å². The molecule has 3 heterocycles. The van der Waals surface area contributed by atoms with E-state index in [-0.39, 0.29) is 6.04 Å². The molecule has 0 fully saturated rings. The maximum atomic E-state index is 4.69. The highest BCUT2D eigenvalue weighted by Crippen LogP contribution is 2.21. The van der Waals surface area contributed by atoms with Gasteiger partial charge in [-0.25, -0.2) is 9.97 Å². The highest BCUT2D eigenvalue weighted by molar-refractivity contribution is 5.56. The molecule has 0 aliphatic carbocycles. The summed E-state index contributed by atoms with van der Waals surface area (Å²) >= 11 is 0. The Morgan fingerprint density at radius 1 is 1.19 bits per heavy atom. The lowest BCUT2D eigenvalue weighted by Gasteiger charge is -2.24. The van der Waals surface area contributed by atoms with Gasteiger partial charge in [0.05, 0.1) is 12.2 Å². The Morgan fingerprint density at radius 3 is 2.58 bits per heavy atom. The van der Waals surface area contributed by atoms with E-state index >= 15 is 0 Å². The van der Waals surface area contributed by atoms with E-state index < -0.39 is 0 Å². The molecule has 0 aromatic carbocycles. The van der Waals surface area contributed by atoms with Crippen LogP contribution in [0.5, 0.6) is 0 Å². The van der Waals surface area contributed by atoms with E-state index in [0.29, 0.717) is 0 Å². The van der Waals surface area contributed by atoms with Crippen LogP contribution in [0.2, 0.25) is 0 Å². The first kappa shape index (κ1) is 18.0. The Hall–Kier alpha value is -2.80. The molecule has 3 aromatic heterocycles. The van der Waals surface area contributed by atoms with Crippen molar-refractivity contribution in [3.63, 3.8) is 0 Å². The Morgan fingerprint density at radius 2 is 1.96 bits per heavy atom. The van der Waals surface area contributed by atoms with E-state index in [1.165, 1.54) is 5.56 Å². The number of rotatable bonds is 7. The smallest absolute Gasteiger partial charge is 0.161 e. The average molecular weight is 351 g/mol. The number of nitrogens with zero attached hydrogens (tertiary/aromatic N) is 6. The summed E-state index contributed by atoms with van der Waals surface area (Å²) in [7, 11) is 6.07. The monoisotopic (exact) mass is 351 g/mol. The molecule has 7 heteroatoms. The van der Waals surface area contributed by atoms with Crippen molar-refractivity contribution >= 4 is 5.82 Å². The highest BCUT2D eigenvalue weighted by Gasteiger charge is 2.16. The SMILES string of the molecule is CCc1cc(NCC(c2cnn(C)c2)N(C)C)nc(-c2ccncc2)n1. The molecule has 26 heavy (non-hydrogen) atoms. The second kappa shape index (κ2) is 8.05. The largest absolute Gasteiger partial charge is 0.368 e. The van der Waals surface area contributed by atoms with Gasteiger partial charge in [-0.2, -0.15) is 5.10 Å². The van der Waals surface area contributed by atoms with E-state index in [0.717, 1.165) is 35.9 Å². The molecule has 0 aliphatic heterocycles. The molecule has 0 aliphatic rings. The number of aryl methyl sites for hydroxylation is 2. The molecule has 0 amide bonds. The van der Waals surface area contributed by atoms with Crippen LogP contribution in [-0.2, 0) is 13.5 Å². The summed E-state index contributed by atoms with van der Waals surface area (Å²) in [6.07, 6.45) is 8.33. The molecule has 1 unspecified atom stereocenters. The summed E-state index contributed by atoms with van der Waals surface area (Å²) < 4.78 is 1.83. The average Bonchev–Trinajstić information content (AvgIpc) is 3.08. The minimum atomic E-state index is 0.202. The van der Waals surface area contributed by atoms with Gasteiger partial charge in [0, 0.05) is 55.1 Å². The lowest BCUT2D eigenvalue weighted by molar-refractivity contribution is 0.311. The zero-order valence-corrected chi connectivity index (χ0v) is 15.7. The van der Waals surface area contributed by atoms with Crippen LogP contribution < -0.4 is 5.32 Å². The number of hydrogen-bond donors (Lipinski definition) is 1. The van der Waals surface area contributed by atoms with Gasteiger partial charge in [-0.1, -0.05) is 6.92 Å². The fourth-order valence-electron chi connectivity index (χ4n) is 2.81. The third-order valence-electron chi connectivity index (χ3n) is 4.29. The third-order valence-corrected chi connectivity index (χ3v) is 4.29. The van der Waals surface area contributed by atoms with E-state index in [1.807, 2.05) is 42.3 Å². The molecule has 0 spiro atoms. The van der Waals surface area contributed by atoms with Gasteiger partial charge in [0.25, 0.3) is 0 Å². The first-order valence-corrected chi connectivity index (χ1v) is 8.74. The lowest BCUT2D eigenvalue weighted by atomic mass is 10.1. The maximum absolute atomic E-state index is 4.69. The van der Waals surface area contributed by atoms with Gasteiger partial charge in [0.2, 0.25) is 0 Å². The lowest BCUT2D eigenvalue weighted by Crippen LogP contribution is -2.27. The molecule has 1 atom stereocenters. The molecule has 0 saturated heterocycles. The van der Waals surface area contributed by atoms with Gasteiger partial charge < -0.3 is 10.2 Å². The van der Waals surface area contributed by atoms with Crippen molar-refractivity contribution < 1.29 is 0 Å². The van der Waals surface area contributed by atoms with Gasteiger partial charge in [-0.05, 0) is 32.6 Å². The summed E-state index contributed by atoms with van der Waals surface area (Å²) in [5, 5.41) is 7.76. The summed E-state index contributed by atoms with van der Waals surface area (Å²) in [5.74, 6) is 1.55. The molecular formula is C19H25N7. The first-order chi connectivity index (χ1) is 12.6. The van der Waals surface area contributed by atoms with Gasteiger partial charge in [-0.15, -0.1) is 0 Å². The number of pyridine rings is 1. The Kier molecular flexibility index (Phi) is 5.58. The molecule has 7 nitrogen and oxygen atoms in total. The molecule has 1 N–H and O–H groups in total. The molecule has 0 bridgehead atoms. The molecule has 3 rings (SSSR count). The van der Waals surface area contributed by atoms with E-state index in [1.54, 1.807) is 12.4 Å². The van der Waals surface area contributed by atoms with Crippen LogP contribution in [-0.4, -0.2) is 50.3 Å². The van der Waals surface area contributed by atoms with Crippen LogP contribution in [0, 0.1) is 0 Å². The predicted octanol–water partition coefficient (Wildman–Crippen LogP) is 2.55. The normalized spacial score (nSPS) is 12.3. The molecule has 0 saturated carbocycles. The number of anilines is 1. The maximum Gasteiger partial charge on any atom is 0.161 e. The Bertz CT molecular complexity index is 842. The zero-order chi connectivity index (χ0) is 18.5. The highest BCUT2D eigenvalue weighted by atomic mass is 15.2. The minimum Gasteiger partial charge on any atom is -0.368 e. The van der Waals surface area contributed by atoms with Gasteiger partial charge in [-0.3, -0.25) is 9.67 Å². The summed E-state index contributed by atoms with van der Waals surface area (Å²) in [4.78, 5) is 15.6. The van der Waals surface area contributed by atoms with Crippen molar-refractivity contribution in [1.82, 2.24) is 29.6 Å². The molecule has 136 valence electrons. The van der Waals surface area contributed by atoms with E-state index in [9.17, 15) is 0 Å². The van der Waals surface area contributed by atoms with Crippen LogP contribution in [0.25, 0.3) is 11.4 Å². The van der Waals surface area contributed by atoms with Crippen LogP contribution in [0.1, 0.15) is 24.2 Å². The quantitative estimate of drug-likeness (QED) is 0.705. The Labute approximate surface area is 154 Å². The number of likely N-dealkylation sites (N-methyl/N-ethyl adjacent to an activating group) is 1. The van der Waals surface area contributed by atoms with Gasteiger partial charge >= 0.3 is 0 Å². The fraction of sp³-hybridized carbons (Fsp3) is 0.368. The minimum absolute atomic E-state index is 0.202. The van der Waals surface area contributed by atoms with Gasteiger partial charge in [0.15, 0.2) is 5.82 Å². The molecular weight excluding hydrogens is 326 g/mol. The topological polar surface area (TPSA) is 71.8 Å². The molecule has 0 radical (unpaired) electrons. The third kappa shape index (κ3) is 4.23. The second-order valence-electron chi connectivity index (χ2n) is 6.47. The van der Waals surface area contributed by atoms with Crippen molar-refractivity contribution in [3.8, 4) is 11.4 Å². The number of aromatic nitrogens is 5. The first-order valence-electron chi connectivity index (χ1n) is 8.74. The van der Waals surface area contributed by atoms with Crippen molar-refractivity contribution in [2.45, 2.75) is 19.4 Å².